The van der Waals surface area contributed by atoms with E-state index in [9.17, 15) is 4.39 Å². The molecule has 0 spiro atoms. The Kier molecular flexibility index (Phi) is 4.78. The predicted octanol–water partition coefficient (Wildman–Crippen LogP) is 8.03. The summed E-state index contributed by atoms with van der Waals surface area (Å²) in [6.45, 7) is 0. The third-order valence-electron chi connectivity index (χ3n) is 5.21. The third-order valence-corrected chi connectivity index (χ3v) is 5.46. The molecule has 0 aliphatic carbocycles. The second kappa shape index (κ2) is 7.74. The molecule has 0 fully saturated rings. The summed E-state index contributed by atoms with van der Waals surface area (Å²) < 4.78 is 13.6. The van der Waals surface area contributed by atoms with E-state index in [1.165, 1.54) is 12.1 Å². The van der Waals surface area contributed by atoms with Crippen LogP contribution in [0, 0.1) is 5.82 Å². The molecule has 144 valence electrons. The van der Waals surface area contributed by atoms with Gasteiger partial charge in [-0.3, -0.25) is 0 Å². The Morgan fingerprint density at radius 2 is 1.17 bits per heavy atom. The van der Waals surface area contributed by atoms with Crippen LogP contribution < -0.4 is 0 Å². The molecule has 0 N–H and O–H groups in total. The van der Waals surface area contributed by atoms with E-state index in [1.807, 2.05) is 60.7 Å². The van der Waals surface area contributed by atoms with E-state index < -0.39 is 0 Å². The molecule has 0 saturated carbocycles. The topological polar surface area (TPSA) is 12.9 Å². The maximum Gasteiger partial charge on any atom is 0.123 e. The van der Waals surface area contributed by atoms with Gasteiger partial charge in [0.15, 0.2) is 0 Å². The van der Waals surface area contributed by atoms with E-state index >= 15 is 0 Å². The lowest BCUT2D eigenvalue weighted by Gasteiger charge is -2.18. The Balaban J connectivity index is 1.94. The van der Waals surface area contributed by atoms with Crippen molar-refractivity contribution in [2.75, 3.05) is 0 Å². The van der Waals surface area contributed by atoms with Crippen LogP contribution in [0.3, 0.4) is 0 Å². The minimum Gasteiger partial charge on any atom is -0.247 e. The highest BCUT2D eigenvalue weighted by atomic mass is 35.5. The summed E-state index contributed by atoms with van der Waals surface area (Å²) in [5.74, 6) is -0.268. The number of aromatic nitrogens is 1. The lowest BCUT2D eigenvalue weighted by Crippen LogP contribution is -1.96. The zero-order chi connectivity index (χ0) is 20.5. The summed E-state index contributed by atoms with van der Waals surface area (Å²) in [6.07, 6.45) is 0. The number of hydrogen-bond donors (Lipinski definition) is 0. The van der Waals surface area contributed by atoms with Crippen molar-refractivity contribution in [2.24, 2.45) is 0 Å². The normalized spacial score (nSPS) is 11.0. The standard InChI is InChI=1S/C27H17ClFN/c28-21-14-10-19(11-15-21)26-25(18-6-2-1-3-7-18)23-8-4-5-9-24(23)30-27(26)20-12-16-22(29)17-13-20/h1-17H. The maximum atomic E-state index is 13.6. The molecule has 30 heavy (non-hydrogen) atoms. The Morgan fingerprint density at radius 3 is 1.90 bits per heavy atom. The van der Waals surface area contributed by atoms with Gasteiger partial charge in [-0.25, -0.2) is 9.37 Å². The van der Waals surface area contributed by atoms with E-state index in [2.05, 4.69) is 18.2 Å². The van der Waals surface area contributed by atoms with E-state index in [1.54, 1.807) is 12.1 Å². The highest BCUT2D eigenvalue weighted by Crippen LogP contribution is 2.43. The first-order valence-corrected chi connectivity index (χ1v) is 10.1. The smallest absolute Gasteiger partial charge is 0.123 e. The van der Waals surface area contributed by atoms with Crippen molar-refractivity contribution >= 4 is 22.5 Å². The molecule has 4 aromatic carbocycles. The van der Waals surface area contributed by atoms with Gasteiger partial charge in [0.05, 0.1) is 11.2 Å². The number of pyridine rings is 1. The number of para-hydroxylation sites is 1. The largest absolute Gasteiger partial charge is 0.247 e. The van der Waals surface area contributed by atoms with Crippen molar-refractivity contribution in [1.82, 2.24) is 4.98 Å². The van der Waals surface area contributed by atoms with Gasteiger partial charge in [0.25, 0.3) is 0 Å². The van der Waals surface area contributed by atoms with Crippen LogP contribution in [-0.4, -0.2) is 4.98 Å². The van der Waals surface area contributed by atoms with Crippen LogP contribution in [-0.2, 0) is 0 Å². The van der Waals surface area contributed by atoms with Crippen LogP contribution in [0.1, 0.15) is 0 Å². The summed E-state index contributed by atoms with van der Waals surface area (Å²) in [4.78, 5) is 5.00. The molecule has 0 aliphatic rings. The van der Waals surface area contributed by atoms with Gasteiger partial charge in [-0.05, 0) is 53.6 Å². The van der Waals surface area contributed by atoms with Crippen molar-refractivity contribution in [3.63, 3.8) is 0 Å². The van der Waals surface area contributed by atoms with Crippen LogP contribution in [0.2, 0.25) is 5.02 Å². The van der Waals surface area contributed by atoms with E-state index in [-0.39, 0.29) is 5.82 Å². The number of rotatable bonds is 3. The monoisotopic (exact) mass is 409 g/mol. The Bertz CT molecular complexity index is 1330. The quantitative estimate of drug-likeness (QED) is 0.294. The molecular formula is C27H17ClFN. The molecule has 0 saturated heterocycles. The minimum absolute atomic E-state index is 0.268. The maximum absolute atomic E-state index is 13.6. The molecule has 0 aliphatic heterocycles. The highest BCUT2D eigenvalue weighted by Gasteiger charge is 2.19. The number of nitrogens with zero attached hydrogens (tertiary/aromatic N) is 1. The number of fused-ring (bicyclic) bond motifs is 1. The minimum atomic E-state index is -0.268. The van der Waals surface area contributed by atoms with Crippen molar-refractivity contribution in [3.05, 3.63) is 114 Å². The van der Waals surface area contributed by atoms with Crippen LogP contribution >= 0.6 is 11.6 Å². The first-order chi connectivity index (χ1) is 14.7. The molecule has 1 aromatic heterocycles. The summed E-state index contributed by atoms with van der Waals surface area (Å²) in [5.41, 5.74) is 6.79. The number of hydrogen-bond acceptors (Lipinski definition) is 1. The Labute approximate surface area is 179 Å². The fourth-order valence-electron chi connectivity index (χ4n) is 3.83. The summed E-state index contributed by atoms with van der Waals surface area (Å²) in [5, 5.41) is 1.75. The zero-order valence-corrected chi connectivity index (χ0v) is 16.8. The van der Waals surface area contributed by atoms with Gasteiger partial charge in [0.2, 0.25) is 0 Å². The van der Waals surface area contributed by atoms with Gasteiger partial charge in [-0.2, -0.15) is 0 Å². The van der Waals surface area contributed by atoms with E-state index in [0.29, 0.717) is 5.02 Å². The Morgan fingerprint density at radius 1 is 0.567 bits per heavy atom. The molecule has 1 nitrogen and oxygen atoms in total. The van der Waals surface area contributed by atoms with Crippen molar-refractivity contribution in [2.45, 2.75) is 0 Å². The molecule has 5 rings (SSSR count). The average Bonchev–Trinajstić information content (AvgIpc) is 2.79. The fraction of sp³-hybridized carbons (Fsp3) is 0. The average molecular weight is 410 g/mol. The van der Waals surface area contributed by atoms with Crippen molar-refractivity contribution in [3.8, 4) is 33.5 Å². The second-order valence-corrected chi connectivity index (χ2v) is 7.54. The van der Waals surface area contributed by atoms with Crippen molar-refractivity contribution in [1.29, 1.82) is 0 Å². The van der Waals surface area contributed by atoms with Gasteiger partial charge >= 0.3 is 0 Å². The molecule has 5 aromatic rings. The SMILES string of the molecule is Fc1ccc(-c2nc3ccccc3c(-c3ccccc3)c2-c2ccc(Cl)cc2)cc1. The zero-order valence-electron chi connectivity index (χ0n) is 16.0. The summed E-state index contributed by atoms with van der Waals surface area (Å²) in [7, 11) is 0. The van der Waals surface area contributed by atoms with Gasteiger partial charge in [0, 0.05) is 27.1 Å². The summed E-state index contributed by atoms with van der Waals surface area (Å²) in [6, 6.07) is 32.7. The van der Waals surface area contributed by atoms with Gasteiger partial charge in [-0.15, -0.1) is 0 Å². The molecule has 3 heteroatoms. The van der Waals surface area contributed by atoms with Crippen molar-refractivity contribution < 1.29 is 4.39 Å². The molecule has 1 heterocycles. The van der Waals surface area contributed by atoms with E-state index in [4.69, 9.17) is 16.6 Å². The number of halogens is 2. The van der Waals surface area contributed by atoms with Crippen LogP contribution in [0.25, 0.3) is 44.4 Å². The lowest BCUT2D eigenvalue weighted by atomic mass is 9.88. The highest BCUT2D eigenvalue weighted by molar-refractivity contribution is 6.30. The Hall–Kier alpha value is -3.49. The van der Waals surface area contributed by atoms with Crippen LogP contribution in [0.15, 0.2) is 103 Å². The van der Waals surface area contributed by atoms with Crippen LogP contribution in [0.4, 0.5) is 4.39 Å². The van der Waals surface area contributed by atoms with Gasteiger partial charge in [0.1, 0.15) is 5.82 Å². The molecule has 0 amide bonds. The first kappa shape index (κ1) is 18.5. The molecule has 0 bridgehead atoms. The molecular weight excluding hydrogens is 393 g/mol. The van der Waals surface area contributed by atoms with Crippen LogP contribution in [0.5, 0.6) is 0 Å². The predicted molar refractivity (Wildman–Crippen MR) is 123 cm³/mol. The third kappa shape index (κ3) is 3.36. The molecule has 0 unspecified atom stereocenters. The lowest BCUT2D eigenvalue weighted by molar-refractivity contribution is 0.628. The van der Waals surface area contributed by atoms with Gasteiger partial charge in [-0.1, -0.05) is 72.3 Å². The molecule has 0 radical (unpaired) electrons. The summed E-state index contributed by atoms with van der Waals surface area (Å²) >= 11 is 6.17. The van der Waals surface area contributed by atoms with E-state index in [0.717, 1.165) is 44.4 Å². The second-order valence-electron chi connectivity index (χ2n) is 7.11. The number of benzene rings is 4. The first-order valence-electron chi connectivity index (χ1n) is 9.71. The fourth-order valence-corrected chi connectivity index (χ4v) is 3.96. The van der Waals surface area contributed by atoms with Gasteiger partial charge < -0.3 is 0 Å². The molecule has 0 atom stereocenters.